The fourth-order valence-electron chi connectivity index (χ4n) is 1.74. The van der Waals surface area contributed by atoms with Crippen LogP contribution in [0.4, 0.5) is 5.82 Å². The van der Waals surface area contributed by atoms with Crippen LogP contribution in [0.5, 0.6) is 0 Å². The molecule has 0 aliphatic heterocycles. The first-order valence-corrected chi connectivity index (χ1v) is 8.20. The summed E-state index contributed by atoms with van der Waals surface area (Å²) in [6.45, 7) is 1.56. The molecule has 9 nitrogen and oxygen atoms in total. The zero-order chi connectivity index (χ0) is 16.0. The van der Waals surface area contributed by atoms with E-state index < -0.39 is 35.7 Å². The predicted molar refractivity (Wildman–Crippen MR) is 68.6 cm³/mol. The summed E-state index contributed by atoms with van der Waals surface area (Å²) in [6, 6.07) is 3.61. The molecule has 1 heterocycles. The van der Waals surface area contributed by atoms with Gasteiger partial charge < -0.3 is 14.8 Å². The van der Waals surface area contributed by atoms with Gasteiger partial charge in [0, 0.05) is 6.07 Å². The third kappa shape index (κ3) is 5.26. The van der Waals surface area contributed by atoms with Gasteiger partial charge in [0.25, 0.3) is 0 Å². The molecule has 0 atom stereocenters. The molecular formula is C10H9N3Na2O6S2. The SMILES string of the molecule is Cc1cc(N)n(-c2cc(S(=O)(=O)[O-])ccc2S(=O)(=O)[O-])n1.[Na+].[Na+]. The summed E-state index contributed by atoms with van der Waals surface area (Å²) in [6.07, 6.45) is 0. The number of aromatic nitrogens is 2. The van der Waals surface area contributed by atoms with Crippen LogP contribution < -0.4 is 64.8 Å². The molecule has 0 saturated heterocycles. The molecule has 0 aliphatic rings. The van der Waals surface area contributed by atoms with E-state index in [1.54, 1.807) is 6.92 Å². The Morgan fingerprint density at radius 2 is 1.61 bits per heavy atom. The zero-order valence-corrected chi connectivity index (χ0v) is 18.2. The van der Waals surface area contributed by atoms with E-state index in [-0.39, 0.29) is 64.9 Å². The molecule has 2 N–H and O–H groups in total. The van der Waals surface area contributed by atoms with Crippen LogP contribution >= 0.6 is 0 Å². The molecule has 0 fully saturated rings. The number of aryl methyl sites for hydroxylation is 1. The monoisotopic (exact) mass is 377 g/mol. The number of anilines is 1. The van der Waals surface area contributed by atoms with Crippen LogP contribution in [0.25, 0.3) is 5.69 Å². The maximum Gasteiger partial charge on any atom is 1.00 e. The normalized spacial score (nSPS) is 11.4. The van der Waals surface area contributed by atoms with E-state index >= 15 is 0 Å². The third-order valence-electron chi connectivity index (χ3n) is 2.58. The van der Waals surface area contributed by atoms with E-state index in [9.17, 15) is 25.9 Å². The number of benzene rings is 1. The van der Waals surface area contributed by atoms with E-state index in [4.69, 9.17) is 5.73 Å². The first-order valence-electron chi connectivity index (χ1n) is 5.38. The predicted octanol–water partition coefficient (Wildman–Crippen LogP) is -6.42. The maximum atomic E-state index is 11.2. The second-order valence-electron chi connectivity index (χ2n) is 4.16. The van der Waals surface area contributed by atoms with Crippen LogP contribution in [0, 0.1) is 6.92 Å². The van der Waals surface area contributed by atoms with E-state index in [1.165, 1.54) is 6.07 Å². The summed E-state index contributed by atoms with van der Waals surface area (Å²) < 4.78 is 67.7. The van der Waals surface area contributed by atoms with E-state index in [0.717, 1.165) is 22.9 Å². The van der Waals surface area contributed by atoms with Gasteiger partial charge in [-0.15, -0.1) is 0 Å². The average Bonchev–Trinajstić information content (AvgIpc) is 2.65. The summed E-state index contributed by atoms with van der Waals surface area (Å²) in [4.78, 5) is -1.43. The van der Waals surface area contributed by atoms with Crippen molar-refractivity contribution < 1.29 is 85.1 Å². The molecule has 1 aromatic carbocycles. The Hall–Kier alpha value is 0.0500. The van der Waals surface area contributed by atoms with Gasteiger partial charge in [0.1, 0.15) is 26.1 Å². The molecule has 2 aromatic rings. The Balaban J connectivity index is 0.00000242. The van der Waals surface area contributed by atoms with Gasteiger partial charge in [0.15, 0.2) is 0 Å². The minimum Gasteiger partial charge on any atom is -0.744 e. The molecule has 0 amide bonds. The fraction of sp³-hybridized carbons (Fsp3) is 0.100. The Bertz CT molecular complexity index is 924. The molecule has 0 aliphatic carbocycles. The Morgan fingerprint density at radius 3 is 2.00 bits per heavy atom. The molecule has 0 radical (unpaired) electrons. The summed E-state index contributed by atoms with van der Waals surface area (Å²) in [7, 11) is -9.75. The number of hydrogen-bond acceptors (Lipinski definition) is 8. The Morgan fingerprint density at radius 1 is 1.04 bits per heavy atom. The van der Waals surface area contributed by atoms with Gasteiger partial charge in [-0.05, 0) is 25.1 Å². The molecule has 13 heteroatoms. The zero-order valence-electron chi connectivity index (χ0n) is 12.5. The van der Waals surface area contributed by atoms with Crippen molar-refractivity contribution in [3.8, 4) is 5.69 Å². The van der Waals surface area contributed by atoms with Crippen molar-refractivity contribution in [2.75, 3.05) is 5.73 Å². The van der Waals surface area contributed by atoms with Crippen molar-refractivity contribution in [3.63, 3.8) is 0 Å². The molecule has 114 valence electrons. The molecule has 0 bridgehead atoms. The number of hydrogen-bond donors (Lipinski definition) is 1. The van der Waals surface area contributed by atoms with Gasteiger partial charge in [-0.1, -0.05) is 0 Å². The minimum atomic E-state index is -4.91. The summed E-state index contributed by atoms with van der Waals surface area (Å²) in [5.74, 6) is -0.0159. The van der Waals surface area contributed by atoms with Gasteiger partial charge in [-0.2, -0.15) is 5.10 Å². The van der Waals surface area contributed by atoms with E-state index in [0.29, 0.717) is 5.69 Å². The molecule has 2 rings (SSSR count). The number of rotatable bonds is 3. The third-order valence-corrected chi connectivity index (χ3v) is 4.29. The number of nitrogens with two attached hydrogens (primary N) is 1. The summed E-state index contributed by atoms with van der Waals surface area (Å²) >= 11 is 0. The van der Waals surface area contributed by atoms with Crippen molar-refractivity contribution >= 4 is 26.1 Å². The molecule has 1 aromatic heterocycles. The second-order valence-corrected chi connectivity index (χ2v) is 6.89. The van der Waals surface area contributed by atoms with Gasteiger partial charge >= 0.3 is 59.1 Å². The van der Waals surface area contributed by atoms with Crippen LogP contribution in [-0.2, 0) is 20.2 Å². The topological polar surface area (TPSA) is 158 Å². The largest absolute Gasteiger partial charge is 1.00 e. The van der Waals surface area contributed by atoms with Crippen LogP contribution in [0.3, 0.4) is 0 Å². The Labute approximate surface area is 177 Å². The number of nitrogen functional groups attached to an aromatic ring is 1. The van der Waals surface area contributed by atoms with E-state index in [2.05, 4.69) is 5.10 Å². The quantitative estimate of drug-likeness (QED) is 0.408. The van der Waals surface area contributed by atoms with Crippen LogP contribution in [0.1, 0.15) is 5.69 Å². The van der Waals surface area contributed by atoms with Crippen LogP contribution in [0.15, 0.2) is 34.1 Å². The molecule has 23 heavy (non-hydrogen) atoms. The van der Waals surface area contributed by atoms with Gasteiger partial charge in [-0.25, -0.2) is 21.5 Å². The van der Waals surface area contributed by atoms with Gasteiger partial charge in [-0.3, -0.25) is 0 Å². The number of nitrogens with zero attached hydrogens (tertiary/aromatic N) is 2. The maximum absolute atomic E-state index is 11.2. The van der Waals surface area contributed by atoms with Gasteiger partial charge in [0.2, 0.25) is 0 Å². The van der Waals surface area contributed by atoms with E-state index in [1.807, 2.05) is 0 Å². The average molecular weight is 377 g/mol. The van der Waals surface area contributed by atoms with Crippen LogP contribution in [0.2, 0.25) is 0 Å². The minimum absolute atomic E-state index is 0. The standard InChI is InChI=1S/C10H11N3O6S2.2Na/c1-6-4-10(11)13(12-6)8-5-7(20(14,15)16)2-3-9(8)21(17,18)19;;/h2-5H,11H2,1H3,(H,14,15,16)(H,17,18,19);;/q;2*+1/p-2. The molecular weight excluding hydrogens is 368 g/mol. The van der Waals surface area contributed by atoms with Gasteiger partial charge in [0.05, 0.1) is 21.2 Å². The van der Waals surface area contributed by atoms with Crippen molar-refractivity contribution in [2.24, 2.45) is 0 Å². The second kappa shape index (κ2) is 7.95. The molecule has 0 saturated carbocycles. The first kappa shape index (κ1) is 23.1. The van der Waals surface area contributed by atoms with Crippen molar-refractivity contribution in [3.05, 3.63) is 30.0 Å². The smallest absolute Gasteiger partial charge is 0.744 e. The van der Waals surface area contributed by atoms with Crippen molar-refractivity contribution in [2.45, 2.75) is 16.7 Å². The van der Waals surface area contributed by atoms with Crippen LogP contribution in [-0.4, -0.2) is 35.7 Å². The summed E-state index contributed by atoms with van der Waals surface area (Å²) in [5, 5.41) is 3.87. The molecule has 0 unspecified atom stereocenters. The fourth-order valence-corrected chi connectivity index (χ4v) is 2.87. The first-order chi connectivity index (χ1) is 9.50. The summed E-state index contributed by atoms with van der Waals surface area (Å²) in [5.41, 5.74) is 5.64. The molecule has 0 spiro atoms. The van der Waals surface area contributed by atoms with Crippen molar-refractivity contribution in [1.82, 2.24) is 9.78 Å². The van der Waals surface area contributed by atoms with Crippen molar-refractivity contribution in [1.29, 1.82) is 0 Å². The Kier molecular flexibility index (Phi) is 7.97.